The first-order valence-electron chi connectivity index (χ1n) is 18.5. The van der Waals surface area contributed by atoms with E-state index < -0.39 is 5.41 Å². The normalized spacial score (nSPS) is 16.4. The van der Waals surface area contributed by atoms with Gasteiger partial charge in [-0.05, 0) is 102 Å². The summed E-state index contributed by atoms with van der Waals surface area (Å²) in [6.07, 6.45) is -0.370. The van der Waals surface area contributed by atoms with E-state index in [2.05, 4.69) is 181 Å². The summed E-state index contributed by atoms with van der Waals surface area (Å²) >= 11 is 1.87. The van der Waals surface area contributed by atoms with Crippen LogP contribution in [0, 0.1) is 0 Å². The van der Waals surface area contributed by atoms with Crippen molar-refractivity contribution >= 4 is 33.9 Å². The van der Waals surface area contributed by atoms with E-state index in [1.807, 2.05) is 11.8 Å². The summed E-state index contributed by atoms with van der Waals surface area (Å²) in [4.78, 5) is 2.60. The minimum atomic E-state index is -0.444. The molecule has 0 aromatic heterocycles. The fourth-order valence-corrected chi connectivity index (χ4v) is 10.7. The zero-order valence-electron chi connectivity index (χ0n) is 29.1. The lowest BCUT2D eigenvalue weighted by Crippen LogP contribution is -2.32. The maximum absolute atomic E-state index is 5.09. The van der Waals surface area contributed by atoms with E-state index in [1.54, 1.807) is 0 Å². The summed E-state index contributed by atoms with van der Waals surface area (Å²) < 4.78 is 0. The Bertz CT molecular complexity index is 2910. The summed E-state index contributed by atoms with van der Waals surface area (Å²) in [5.74, 6) is 0. The van der Waals surface area contributed by atoms with Crippen LogP contribution in [0.15, 0.2) is 196 Å². The van der Waals surface area contributed by atoms with Crippen LogP contribution >= 0.6 is 11.8 Å². The van der Waals surface area contributed by atoms with Crippen LogP contribution in [0.5, 0.6) is 0 Å². The monoisotopic (exact) mass is 705 g/mol. The van der Waals surface area contributed by atoms with Crippen molar-refractivity contribution in [1.29, 1.82) is 0 Å². The topological polar surface area (TPSA) is 36.8 Å². The van der Waals surface area contributed by atoms with Crippen molar-refractivity contribution < 1.29 is 0 Å². The lowest BCUT2D eigenvalue weighted by molar-refractivity contribution is 0.619. The highest BCUT2D eigenvalue weighted by atomic mass is 32.2. The first-order chi connectivity index (χ1) is 26.8. The van der Waals surface area contributed by atoms with Crippen LogP contribution in [0.25, 0.3) is 55.5 Å². The quantitative estimate of drug-likeness (QED) is 0.199. The molecule has 1 unspecified atom stereocenters. The van der Waals surface area contributed by atoms with E-state index in [4.69, 9.17) is 10.2 Å². The summed E-state index contributed by atoms with van der Waals surface area (Å²) in [6, 6.07) is 64.3. The number of nitrogens with zero attached hydrogens (tertiary/aromatic N) is 2. The van der Waals surface area contributed by atoms with Gasteiger partial charge in [0.2, 0.25) is 0 Å². The Kier molecular flexibility index (Phi) is 6.26. The van der Waals surface area contributed by atoms with Crippen molar-refractivity contribution in [1.82, 2.24) is 5.32 Å². The minimum absolute atomic E-state index is 0.370. The molecule has 4 aliphatic rings. The third-order valence-corrected chi connectivity index (χ3v) is 13.0. The van der Waals surface area contributed by atoms with Crippen LogP contribution in [0.2, 0.25) is 0 Å². The molecule has 0 saturated carbocycles. The molecular formula is C50H31N3S. The van der Waals surface area contributed by atoms with E-state index in [1.165, 1.54) is 76.2 Å². The molecule has 54 heavy (non-hydrogen) atoms. The van der Waals surface area contributed by atoms with Gasteiger partial charge in [-0.15, -0.1) is 0 Å². The number of azo groups is 1. The Morgan fingerprint density at radius 2 is 1.09 bits per heavy atom. The highest BCUT2D eigenvalue weighted by Crippen LogP contribution is 2.62. The van der Waals surface area contributed by atoms with Crippen LogP contribution in [-0.4, -0.2) is 0 Å². The van der Waals surface area contributed by atoms with Gasteiger partial charge in [0.1, 0.15) is 5.70 Å². The molecule has 1 N–H and O–H groups in total. The number of nitrogens with one attached hydrogen (secondary N) is 1. The third kappa shape index (κ3) is 4.03. The second kappa shape index (κ2) is 11.3. The average Bonchev–Trinajstić information content (AvgIpc) is 3.72. The largest absolute Gasteiger partial charge is 0.356 e. The number of rotatable bonds is 3. The summed E-state index contributed by atoms with van der Waals surface area (Å²) in [5, 5.41) is 16.6. The third-order valence-electron chi connectivity index (χ3n) is 11.8. The van der Waals surface area contributed by atoms with Crippen LogP contribution in [-0.2, 0) is 5.41 Å². The SMILES string of the molecule is c1ccc(C2=C(c3ccc4c(c3)-c3cccc5cccc-4c35)N=NC(c3ccc4c(c3)C3(c5ccccc5Sc5ccccc53)c3ccccc3-4)N2)cc1. The zero-order valence-corrected chi connectivity index (χ0v) is 29.9. The van der Waals surface area contributed by atoms with Crippen LogP contribution in [0.3, 0.4) is 0 Å². The molecule has 0 amide bonds. The molecule has 252 valence electrons. The lowest BCUT2D eigenvalue weighted by Gasteiger charge is -2.39. The molecule has 1 atom stereocenters. The van der Waals surface area contributed by atoms with Crippen molar-refractivity contribution in [3.8, 4) is 33.4 Å². The molecule has 4 heteroatoms. The molecule has 8 aromatic rings. The van der Waals surface area contributed by atoms with Gasteiger partial charge < -0.3 is 5.32 Å². The second-order valence-electron chi connectivity index (χ2n) is 14.5. The fourth-order valence-electron chi connectivity index (χ4n) is 9.56. The number of benzene rings is 8. The fraction of sp³-hybridized carbons (Fsp3) is 0.0400. The number of hydrogen-bond acceptors (Lipinski definition) is 4. The molecule has 2 aliphatic heterocycles. The van der Waals surface area contributed by atoms with Crippen LogP contribution < -0.4 is 5.32 Å². The van der Waals surface area contributed by atoms with Gasteiger partial charge in [0.25, 0.3) is 0 Å². The van der Waals surface area contributed by atoms with Crippen molar-refractivity contribution in [2.45, 2.75) is 21.4 Å². The smallest absolute Gasteiger partial charge is 0.166 e. The van der Waals surface area contributed by atoms with Crippen molar-refractivity contribution in [2.75, 3.05) is 0 Å². The number of fused-ring (bicyclic) bond motifs is 12. The van der Waals surface area contributed by atoms with Gasteiger partial charge in [0.05, 0.1) is 11.1 Å². The average molecular weight is 706 g/mol. The van der Waals surface area contributed by atoms with Gasteiger partial charge in [-0.1, -0.05) is 163 Å². The predicted molar refractivity (Wildman–Crippen MR) is 220 cm³/mol. The number of hydrogen-bond donors (Lipinski definition) is 1. The molecule has 0 saturated heterocycles. The van der Waals surface area contributed by atoms with Gasteiger partial charge in [-0.25, -0.2) is 0 Å². The highest BCUT2D eigenvalue weighted by Gasteiger charge is 2.50. The lowest BCUT2D eigenvalue weighted by atomic mass is 9.67. The minimum Gasteiger partial charge on any atom is -0.356 e. The van der Waals surface area contributed by atoms with Gasteiger partial charge >= 0.3 is 0 Å². The Morgan fingerprint density at radius 3 is 1.87 bits per heavy atom. The maximum atomic E-state index is 5.09. The maximum Gasteiger partial charge on any atom is 0.166 e. The van der Waals surface area contributed by atoms with Crippen molar-refractivity contribution in [2.24, 2.45) is 10.2 Å². The van der Waals surface area contributed by atoms with E-state index in [9.17, 15) is 0 Å². The van der Waals surface area contributed by atoms with E-state index in [-0.39, 0.29) is 6.17 Å². The molecule has 2 heterocycles. The standard InChI is InChI=1S/C50H31N3S/c1-2-12-31(13-3-1)47-48(32-24-26-34-37-17-10-14-30-15-11-18-38(46(30)37)39(34)28-32)52-53-49(51-47)33-25-27-36-35-16-4-5-19-40(35)50(43(36)29-33)41-20-6-8-22-44(41)54-45-23-9-7-21-42(45)50/h1-29,49,51H. The Labute approximate surface area is 317 Å². The van der Waals surface area contributed by atoms with E-state index >= 15 is 0 Å². The molecule has 0 bridgehead atoms. The summed E-state index contributed by atoms with van der Waals surface area (Å²) in [5.41, 5.74) is 17.5. The summed E-state index contributed by atoms with van der Waals surface area (Å²) in [6.45, 7) is 0. The van der Waals surface area contributed by atoms with Crippen LogP contribution in [0.4, 0.5) is 0 Å². The first kappa shape index (κ1) is 30.0. The van der Waals surface area contributed by atoms with Crippen molar-refractivity contribution in [3.63, 3.8) is 0 Å². The second-order valence-corrected chi connectivity index (χ2v) is 15.6. The Hall–Kier alpha value is -6.49. The molecular weight excluding hydrogens is 675 g/mol. The molecule has 1 spiro atoms. The molecule has 2 aliphatic carbocycles. The molecule has 12 rings (SSSR count). The highest BCUT2D eigenvalue weighted by molar-refractivity contribution is 7.99. The van der Waals surface area contributed by atoms with Gasteiger partial charge in [-0.2, -0.15) is 10.2 Å². The van der Waals surface area contributed by atoms with E-state index in [0.29, 0.717) is 0 Å². The predicted octanol–water partition coefficient (Wildman–Crippen LogP) is 12.9. The molecule has 0 radical (unpaired) electrons. The van der Waals surface area contributed by atoms with Gasteiger partial charge in [-0.3, -0.25) is 0 Å². The van der Waals surface area contributed by atoms with Gasteiger partial charge in [0.15, 0.2) is 6.17 Å². The van der Waals surface area contributed by atoms with E-state index in [0.717, 1.165) is 28.1 Å². The van der Waals surface area contributed by atoms with Crippen LogP contribution in [0.1, 0.15) is 45.1 Å². The Morgan fingerprint density at radius 1 is 0.463 bits per heavy atom. The van der Waals surface area contributed by atoms with Gasteiger partial charge in [0, 0.05) is 15.4 Å². The molecule has 3 nitrogen and oxygen atoms in total. The van der Waals surface area contributed by atoms with Crippen molar-refractivity contribution in [3.05, 3.63) is 215 Å². The molecule has 0 fully saturated rings. The summed E-state index contributed by atoms with van der Waals surface area (Å²) in [7, 11) is 0. The zero-order chi connectivity index (χ0) is 35.4. The Balaban J connectivity index is 1.01. The molecule has 8 aromatic carbocycles. The first-order valence-corrected chi connectivity index (χ1v) is 19.3.